The van der Waals surface area contributed by atoms with Crippen LogP contribution in [-0.4, -0.2) is 6.61 Å². The minimum atomic E-state index is 0.738. The van der Waals surface area contributed by atoms with E-state index in [4.69, 9.17) is 10.5 Å². The second-order valence-corrected chi connectivity index (χ2v) is 5.09. The highest BCUT2D eigenvalue weighted by molar-refractivity contribution is 5.40. The van der Waals surface area contributed by atoms with E-state index in [1.807, 2.05) is 18.2 Å². The zero-order valence-corrected chi connectivity index (χ0v) is 12.1. The lowest BCUT2D eigenvalue weighted by molar-refractivity contribution is 0.311. The molecule has 2 aromatic rings. The van der Waals surface area contributed by atoms with Crippen LogP contribution in [0.2, 0.25) is 0 Å². The molecule has 0 saturated carbocycles. The first-order chi connectivity index (χ1) is 9.78. The van der Waals surface area contributed by atoms with Crippen molar-refractivity contribution in [2.24, 2.45) is 0 Å². The van der Waals surface area contributed by atoms with Gasteiger partial charge >= 0.3 is 0 Å². The molecule has 0 aliphatic carbocycles. The molecule has 20 heavy (non-hydrogen) atoms. The Balaban J connectivity index is 1.73. The van der Waals surface area contributed by atoms with Crippen LogP contribution in [0.3, 0.4) is 0 Å². The maximum absolute atomic E-state index is 5.76. The van der Waals surface area contributed by atoms with Crippen LogP contribution < -0.4 is 10.5 Å². The van der Waals surface area contributed by atoms with Crippen LogP contribution in [0.5, 0.6) is 5.75 Å². The van der Waals surface area contributed by atoms with Gasteiger partial charge in [-0.25, -0.2) is 0 Å². The standard InChI is InChI=1S/C18H23NO/c1-2-5-15-9-11-18(12-10-15)20-13-4-7-16-6-3-8-17(19)14-16/h3,6,8-12,14H,2,4-5,7,13,19H2,1H3. The Morgan fingerprint density at radius 2 is 1.75 bits per heavy atom. The highest BCUT2D eigenvalue weighted by Gasteiger charge is 1.97. The fourth-order valence-corrected chi connectivity index (χ4v) is 2.26. The summed E-state index contributed by atoms with van der Waals surface area (Å²) in [5.74, 6) is 0.956. The molecular weight excluding hydrogens is 246 g/mol. The Labute approximate surface area is 121 Å². The third-order valence-electron chi connectivity index (χ3n) is 3.29. The van der Waals surface area contributed by atoms with Crippen molar-refractivity contribution in [3.63, 3.8) is 0 Å². The Bertz CT molecular complexity index is 519. The Hall–Kier alpha value is -1.96. The van der Waals surface area contributed by atoms with Crippen molar-refractivity contribution in [3.8, 4) is 5.75 Å². The molecule has 2 nitrogen and oxygen atoms in total. The van der Waals surface area contributed by atoms with Crippen LogP contribution in [0.15, 0.2) is 48.5 Å². The van der Waals surface area contributed by atoms with Gasteiger partial charge in [-0.1, -0.05) is 37.6 Å². The van der Waals surface area contributed by atoms with Crippen LogP contribution in [0.4, 0.5) is 5.69 Å². The summed E-state index contributed by atoms with van der Waals surface area (Å²) in [5.41, 5.74) is 9.23. The number of aryl methyl sites for hydroxylation is 2. The molecule has 0 amide bonds. The molecule has 0 fully saturated rings. The molecule has 2 rings (SSSR count). The lowest BCUT2D eigenvalue weighted by Crippen LogP contribution is -2.00. The predicted molar refractivity (Wildman–Crippen MR) is 85.1 cm³/mol. The van der Waals surface area contributed by atoms with E-state index in [1.54, 1.807) is 0 Å². The minimum absolute atomic E-state index is 0.738. The molecular formula is C18H23NO. The van der Waals surface area contributed by atoms with Gasteiger partial charge < -0.3 is 10.5 Å². The van der Waals surface area contributed by atoms with Crippen molar-refractivity contribution in [1.82, 2.24) is 0 Å². The van der Waals surface area contributed by atoms with E-state index in [0.29, 0.717) is 0 Å². The van der Waals surface area contributed by atoms with Gasteiger partial charge in [-0.2, -0.15) is 0 Å². The van der Waals surface area contributed by atoms with Gasteiger partial charge in [-0.3, -0.25) is 0 Å². The second-order valence-electron chi connectivity index (χ2n) is 5.09. The molecule has 2 heteroatoms. The van der Waals surface area contributed by atoms with Crippen LogP contribution in [0, 0.1) is 0 Å². The van der Waals surface area contributed by atoms with Crippen LogP contribution >= 0.6 is 0 Å². The number of anilines is 1. The summed E-state index contributed by atoms with van der Waals surface area (Å²) in [5, 5.41) is 0. The molecule has 0 aromatic heterocycles. The maximum Gasteiger partial charge on any atom is 0.119 e. The second kappa shape index (κ2) is 7.59. The van der Waals surface area contributed by atoms with E-state index in [0.717, 1.165) is 37.3 Å². The van der Waals surface area contributed by atoms with Gasteiger partial charge in [-0.05, 0) is 54.7 Å². The first kappa shape index (κ1) is 14.4. The zero-order chi connectivity index (χ0) is 14.2. The molecule has 2 aromatic carbocycles. The lowest BCUT2D eigenvalue weighted by Gasteiger charge is -2.07. The first-order valence-corrected chi connectivity index (χ1v) is 7.34. The van der Waals surface area contributed by atoms with Gasteiger partial charge in [0.2, 0.25) is 0 Å². The van der Waals surface area contributed by atoms with E-state index in [-0.39, 0.29) is 0 Å². The number of nitrogen functional groups attached to an aromatic ring is 1. The molecule has 0 heterocycles. The molecule has 0 aliphatic rings. The van der Waals surface area contributed by atoms with Crippen molar-refractivity contribution in [3.05, 3.63) is 59.7 Å². The summed E-state index contributed by atoms with van der Waals surface area (Å²) in [6.07, 6.45) is 4.31. The number of hydrogen-bond acceptors (Lipinski definition) is 2. The fourth-order valence-electron chi connectivity index (χ4n) is 2.26. The largest absolute Gasteiger partial charge is 0.494 e. The van der Waals surface area contributed by atoms with Crippen LogP contribution in [0.25, 0.3) is 0 Å². The summed E-state index contributed by atoms with van der Waals surface area (Å²) < 4.78 is 5.76. The Morgan fingerprint density at radius 1 is 0.950 bits per heavy atom. The predicted octanol–water partition coefficient (Wildman–Crippen LogP) is 4.23. The normalized spacial score (nSPS) is 10.4. The van der Waals surface area contributed by atoms with Gasteiger partial charge in [0.1, 0.15) is 5.75 Å². The molecule has 0 radical (unpaired) electrons. The topological polar surface area (TPSA) is 35.2 Å². The molecule has 0 unspecified atom stereocenters. The number of nitrogens with two attached hydrogens (primary N) is 1. The number of benzene rings is 2. The average Bonchev–Trinajstić information content (AvgIpc) is 2.46. The third kappa shape index (κ3) is 4.61. The van der Waals surface area contributed by atoms with Crippen molar-refractivity contribution in [2.45, 2.75) is 32.6 Å². The van der Waals surface area contributed by atoms with Crippen molar-refractivity contribution in [2.75, 3.05) is 12.3 Å². The van der Waals surface area contributed by atoms with E-state index in [2.05, 4.69) is 37.3 Å². The van der Waals surface area contributed by atoms with E-state index < -0.39 is 0 Å². The molecule has 2 N–H and O–H groups in total. The Morgan fingerprint density at radius 3 is 2.45 bits per heavy atom. The van der Waals surface area contributed by atoms with Crippen LogP contribution in [-0.2, 0) is 12.8 Å². The first-order valence-electron chi connectivity index (χ1n) is 7.34. The smallest absolute Gasteiger partial charge is 0.119 e. The highest BCUT2D eigenvalue weighted by Crippen LogP contribution is 2.14. The molecule has 0 spiro atoms. The third-order valence-corrected chi connectivity index (χ3v) is 3.29. The Kier molecular flexibility index (Phi) is 5.48. The maximum atomic E-state index is 5.76. The quantitative estimate of drug-likeness (QED) is 0.603. The molecule has 0 aliphatic heterocycles. The van der Waals surface area contributed by atoms with Crippen molar-refractivity contribution < 1.29 is 4.74 Å². The van der Waals surface area contributed by atoms with Crippen molar-refractivity contribution in [1.29, 1.82) is 0 Å². The summed E-state index contributed by atoms with van der Waals surface area (Å²) in [6.45, 7) is 2.93. The van der Waals surface area contributed by atoms with Gasteiger partial charge in [0.15, 0.2) is 0 Å². The molecule has 0 saturated heterocycles. The van der Waals surface area contributed by atoms with Gasteiger partial charge in [0.05, 0.1) is 6.61 Å². The van der Waals surface area contributed by atoms with E-state index >= 15 is 0 Å². The molecule has 106 valence electrons. The number of hydrogen-bond donors (Lipinski definition) is 1. The summed E-state index contributed by atoms with van der Waals surface area (Å²) in [7, 11) is 0. The van der Waals surface area contributed by atoms with Gasteiger partial charge in [-0.15, -0.1) is 0 Å². The summed E-state index contributed by atoms with van der Waals surface area (Å²) >= 11 is 0. The summed E-state index contributed by atoms with van der Waals surface area (Å²) in [6, 6.07) is 16.5. The fraction of sp³-hybridized carbons (Fsp3) is 0.333. The highest BCUT2D eigenvalue weighted by atomic mass is 16.5. The lowest BCUT2D eigenvalue weighted by atomic mass is 10.1. The van der Waals surface area contributed by atoms with Gasteiger partial charge in [0, 0.05) is 5.69 Å². The van der Waals surface area contributed by atoms with E-state index in [9.17, 15) is 0 Å². The van der Waals surface area contributed by atoms with Crippen molar-refractivity contribution >= 4 is 5.69 Å². The average molecular weight is 269 g/mol. The molecule has 0 bridgehead atoms. The zero-order valence-electron chi connectivity index (χ0n) is 12.1. The van der Waals surface area contributed by atoms with E-state index in [1.165, 1.54) is 17.5 Å². The monoisotopic (exact) mass is 269 g/mol. The SMILES string of the molecule is CCCc1ccc(OCCCc2cccc(N)c2)cc1. The molecule has 0 atom stereocenters. The number of rotatable bonds is 7. The minimum Gasteiger partial charge on any atom is -0.494 e. The number of ether oxygens (including phenoxy) is 1. The summed E-state index contributed by atoms with van der Waals surface area (Å²) in [4.78, 5) is 0. The van der Waals surface area contributed by atoms with Gasteiger partial charge in [0.25, 0.3) is 0 Å². The van der Waals surface area contributed by atoms with Crippen LogP contribution in [0.1, 0.15) is 30.9 Å².